The molecule has 0 bridgehead atoms. The monoisotopic (exact) mass is 484 g/mol. The summed E-state index contributed by atoms with van der Waals surface area (Å²) in [5, 5.41) is 6.05. The topological polar surface area (TPSA) is 0 Å². The molecule has 3 heteroatoms. The van der Waals surface area contributed by atoms with Crippen molar-refractivity contribution in [1.29, 1.82) is 0 Å². The van der Waals surface area contributed by atoms with E-state index in [1.165, 1.54) is 45.6 Å². The van der Waals surface area contributed by atoms with E-state index >= 15 is 0 Å². The Bertz CT molecular complexity index is 915. The normalized spacial score (nSPS) is 11.8. The molecule has 4 rings (SSSR count). The second-order valence-corrected chi connectivity index (χ2v) is 19.3. The molecule has 0 spiro atoms. The summed E-state index contributed by atoms with van der Waals surface area (Å²) in [7, 11) is -1.91. The maximum absolute atomic E-state index is 2.61. The second kappa shape index (κ2) is 11.9. The number of hydrogen-bond acceptors (Lipinski definition) is 0. The zero-order chi connectivity index (χ0) is 22.9. The van der Waals surface area contributed by atoms with Gasteiger partial charge in [-0.05, 0) is 49.4 Å². The predicted molar refractivity (Wildman–Crippen MR) is 155 cm³/mol. The lowest BCUT2D eigenvalue weighted by Gasteiger charge is -2.28. The molecule has 33 heavy (non-hydrogen) atoms. The summed E-state index contributed by atoms with van der Waals surface area (Å²) >= 11 is 0. The third-order valence-electron chi connectivity index (χ3n) is 6.30. The largest absolute Gasteiger partial charge is 0.0693 e. The Labute approximate surface area is 203 Å². The van der Waals surface area contributed by atoms with Crippen LogP contribution in [0.5, 0.6) is 0 Å². The highest BCUT2D eigenvalue weighted by Crippen LogP contribution is 2.40. The van der Waals surface area contributed by atoms with Gasteiger partial charge >= 0.3 is 0 Å². The van der Waals surface area contributed by atoms with Gasteiger partial charge in [0.2, 0.25) is 0 Å². The molecular formula is C30H34P2Si. The van der Waals surface area contributed by atoms with Crippen LogP contribution in [0.25, 0.3) is 0 Å². The van der Waals surface area contributed by atoms with Crippen LogP contribution in [0.15, 0.2) is 121 Å². The maximum Gasteiger partial charge on any atom is 0.0481 e. The van der Waals surface area contributed by atoms with Crippen molar-refractivity contribution in [2.75, 3.05) is 12.3 Å². The van der Waals surface area contributed by atoms with E-state index in [-0.39, 0.29) is 15.8 Å². The van der Waals surface area contributed by atoms with Crippen molar-refractivity contribution < 1.29 is 0 Å². The van der Waals surface area contributed by atoms with Gasteiger partial charge in [-0.3, -0.25) is 0 Å². The molecule has 0 nitrogen and oxygen atoms in total. The number of rotatable bonds is 10. The quantitative estimate of drug-likeness (QED) is 0.169. The number of hydrogen-bond donors (Lipinski definition) is 0. The molecule has 4 aromatic carbocycles. The lowest BCUT2D eigenvalue weighted by Crippen LogP contribution is -2.30. The molecule has 4 aromatic rings. The van der Waals surface area contributed by atoms with E-state index in [9.17, 15) is 0 Å². The van der Waals surface area contributed by atoms with Crippen LogP contribution in [0, 0.1) is 0 Å². The van der Waals surface area contributed by atoms with Crippen LogP contribution >= 0.6 is 15.8 Å². The molecule has 0 aromatic heterocycles. The van der Waals surface area contributed by atoms with E-state index < -0.39 is 8.07 Å². The Balaban J connectivity index is 1.47. The van der Waals surface area contributed by atoms with E-state index in [0.717, 1.165) is 0 Å². The summed E-state index contributed by atoms with van der Waals surface area (Å²) in [4.78, 5) is 0. The molecule has 0 aliphatic rings. The molecule has 168 valence electrons. The third-order valence-corrected chi connectivity index (χ3v) is 15.4. The molecule has 0 N–H and O–H groups in total. The fraction of sp³-hybridized carbons (Fsp3) is 0.200. The van der Waals surface area contributed by atoms with Gasteiger partial charge < -0.3 is 0 Å². The first-order chi connectivity index (χ1) is 16.1. The minimum atomic E-state index is -1.33. The highest BCUT2D eigenvalue weighted by molar-refractivity contribution is 7.73. The van der Waals surface area contributed by atoms with Crippen LogP contribution in [-0.2, 0) is 0 Å². The third kappa shape index (κ3) is 6.97. The average Bonchev–Trinajstić information content (AvgIpc) is 2.87. The van der Waals surface area contributed by atoms with Gasteiger partial charge in [-0.15, -0.1) is 0 Å². The molecule has 0 aliphatic heterocycles. The Morgan fingerprint density at radius 1 is 0.424 bits per heavy atom. The van der Waals surface area contributed by atoms with Crippen molar-refractivity contribution in [2.45, 2.75) is 25.2 Å². The first-order valence-electron chi connectivity index (χ1n) is 11.9. The van der Waals surface area contributed by atoms with Crippen LogP contribution in [-0.4, -0.2) is 20.4 Å². The molecule has 0 atom stereocenters. The van der Waals surface area contributed by atoms with E-state index in [4.69, 9.17) is 0 Å². The molecule has 0 amide bonds. The molecule has 0 unspecified atom stereocenters. The fourth-order valence-electron chi connectivity index (χ4n) is 4.20. The van der Waals surface area contributed by atoms with Gasteiger partial charge in [0, 0.05) is 8.07 Å². The molecule has 0 saturated carbocycles. The lowest BCUT2D eigenvalue weighted by atomic mass is 10.4. The highest BCUT2D eigenvalue weighted by atomic mass is 31.1. The Kier molecular flexibility index (Phi) is 8.68. The van der Waals surface area contributed by atoms with Gasteiger partial charge in [-0.2, -0.15) is 0 Å². The van der Waals surface area contributed by atoms with Gasteiger partial charge in [0.15, 0.2) is 0 Å². The standard InChI is InChI=1S/C30H34P2Si/c1-33(2,25-23-31(27-15-7-3-8-16-27)28-17-9-4-10-18-28)26-24-32(29-19-11-5-12-20-29)30-21-13-6-14-22-30/h3-22H,23-26H2,1-2H3. The van der Waals surface area contributed by atoms with E-state index in [0.29, 0.717) is 0 Å². The second-order valence-electron chi connectivity index (χ2n) is 9.31. The SMILES string of the molecule is C[Si](C)(CCP(c1ccccc1)c1ccccc1)CCP(c1ccccc1)c1ccccc1. The molecule has 0 aliphatic carbocycles. The molecule has 0 saturated heterocycles. The summed E-state index contributed by atoms with van der Waals surface area (Å²) < 4.78 is 0. The average molecular weight is 485 g/mol. The van der Waals surface area contributed by atoms with Crippen molar-refractivity contribution in [3.8, 4) is 0 Å². The van der Waals surface area contributed by atoms with Gasteiger partial charge in [-0.1, -0.05) is 147 Å². The number of benzene rings is 4. The maximum atomic E-state index is 2.61. The van der Waals surface area contributed by atoms with E-state index in [1.807, 2.05) is 0 Å². The van der Waals surface area contributed by atoms with Crippen molar-refractivity contribution in [3.05, 3.63) is 121 Å². The minimum Gasteiger partial charge on any atom is -0.0693 e. The summed E-state index contributed by atoms with van der Waals surface area (Å²) in [6, 6.07) is 47.5. The molecule has 0 fully saturated rings. The van der Waals surface area contributed by atoms with E-state index in [1.54, 1.807) is 0 Å². The zero-order valence-corrected chi connectivity index (χ0v) is 22.6. The molecular weight excluding hydrogens is 450 g/mol. The lowest BCUT2D eigenvalue weighted by molar-refractivity contribution is 1.26. The van der Waals surface area contributed by atoms with Crippen molar-refractivity contribution in [3.63, 3.8) is 0 Å². The summed E-state index contributed by atoms with van der Waals surface area (Å²) in [5.41, 5.74) is 0. The summed E-state index contributed by atoms with van der Waals surface area (Å²) in [6.45, 7) is 5.22. The van der Waals surface area contributed by atoms with Crippen LogP contribution in [0.4, 0.5) is 0 Å². The van der Waals surface area contributed by atoms with Crippen molar-refractivity contribution in [1.82, 2.24) is 0 Å². The van der Waals surface area contributed by atoms with Crippen molar-refractivity contribution in [2.24, 2.45) is 0 Å². The van der Waals surface area contributed by atoms with Crippen LogP contribution in [0.2, 0.25) is 25.2 Å². The Morgan fingerprint density at radius 2 is 0.667 bits per heavy atom. The summed E-state index contributed by atoms with van der Waals surface area (Å²) in [6.07, 6.45) is 2.61. The minimum absolute atomic E-state index is 0.289. The summed E-state index contributed by atoms with van der Waals surface area (Å²) in [5.74, 6) is 0. The van der Waals surface area contributed by atoms with Crippen LogP contribution in [0.3, 0.4) is 0 Å². The van der Waals surface area contributed by atoms with Gasteiger partial charge in [0.1, 0.15) is 0 Å². The predicted octanol–water partition coefficient (Wildman–Crippen LogP) is 6.96. The zero-order valence-electron chi connectivity index (χ0n) is 19.8. The highest BCUT2D eigenvalue weighted by Gasteiger charge is 2.26. The van der Waals surface area contributed by atoms with Crippen LogP contribution < -0.4 is 21.2 Å². The first kappa shape index (κ1) is 24.1. The van der Waals surface area contributed by atoms with E-state index in [2.05, 4.69) is 134 Å². The van der Waals surface area contributed by atoms with Crippen molar-refractivity contribution >= 4 is 45.1 Å². The molecule has 0 radical (unpaired) electrons. The fourth-order valence-corrected chi connectivity index (χ4v) is 14.8. The molecule has 0 heterocycles. The smallest absolute Gasteiger partial charge is 0.0481 e. The Hall–Kier alpha value is -2.04. The Morgan fingerprint density at radius 3 is 0.909 bits per heavy atom. The van der Waals surface area contributed by atoms with Gasteiger partial charge in [-0.25, -0.2) is 0 Å². The van der Waals surface area contributed by atoms with Crippen LogP contribution in [0.1, 0.15) is 0 Å². The van der Waals surface area contributed by atoms with Gasteiger partial charge in [0.05, 0.1) is 0 Å². The first-order valence-corrected chi connectivity index (χ1v) is 18.3. The van der Waals surface area contributed by atoms with Gasteiger partial charge in [0.25, 0.3) is 0 Å².